The number of nitrogens with zero attached hydrogens (tertiary/aromatic N) is 7. The van der Waals surface area contributed by atoms with E-state index < -0.39 is 0 Å². The molecule has 1 saturated heterocycles. The third kappa shape index (κ3) is 6.06. The summed E-state index contributed by atoms with van der Waals surface area (Å²) in [5.41, 5.74) is 5.58. The van der Waals surface area contributed by atoms with Crippen molar-refractivity contribution in [1.82, 2.24) is 14.8 Å². The summed E-state index contributed by atoms with van der Waals surface area (Å²) in [6.45, 7) is 14.2. The molecule has 0 bridgehead atoms. The highest BCUT2D eigenvalue weighted by Gasteiger charge is 2.35. The van der Waals surface area contributed by atoms with Crippen LogP contribution in [0.25, 0.3) is 10.8 Å². The number of rotatable bonds is 9. The van der Waals surface area contributed by atoms with Gasteiger partial charge in [-0.1, -0.05) is 43.8 Å². The van der Waals surface area contributed by atoms with E-state index in [0.717, 1.165) is 30.0 Å². The van der Waals surface area contributed by atoms with Gasteiger partial charge in [-0.25, -0.2) is 4.98 Å². The van der Waals surface area contributed by atoms with Gasteiger partial charge in [0.15, 0.2) is 0 Å². The first-order valence-electron chi connectivity index (χ1n) is 15.4. The number of anilines is 2. The van der Waals surface area contributed by atoms with Gasteiger partial charge in [-0.2, -0.15) is 10.5 Å². The van der Waals surface area contributed by atoms with E-state index in [2.05, 4.69) is 83.7 Å². The number of likely N-dealkylation sites (N-methyl/N-ethyl adjacent to an activating group) is 1. The summed E-state index contributed by atoms with van der Waals surface area (Å²) in [5.74, 6) is 0.164. The number of carbonyl (C=O) groups is 1. The fraction of sp³-hybridized carbons (Fsp3) is 0.429. The number of amides is 1. The molecule has 44 heavy (non-hydrogen) atoms. The zero-order chi connectivity index (χ0) is 31.4. The summed E-state index contributed by atoms with van der Waals surface area (Å²) in [4.78, 5) is 26.1. The highest BCUT2D eigenvalue weighted by molar-refractivity contribution is 5.97. The lowest BCUT2D eigenvalue weighted by Crippen LogP contribution is -2.55. The lowest BCUT2D eigenvalue weighted by molar-refractivity contribution is -0.128. The van der Waals surface area contributed by atoms with Gasteiger partial charge in [0.25, 0.3) is 0 Å². The van der Waals surface area contributed by atoms with Gasteiger partial charge < -0.3 is 24.3 Å². The van der Waals surface area contributed by atoms with Crippen LogP contribution in [0.5, 0.6) is 5.88 Å². The Morgan fingerprint density at radius 2 is 1.98 bits per heavy atom. The maximum Gasteiger partial charge on any atom is 0.246 e. The van der Waals surface area contributed by atoms with Gasteiger partial charge in [0.05, 0.1) is 36.5 Å². The first kappa shape index (κ1) is 30.8. The van der Waals surface area contributed by atoms with Crippen LogP contribution in [-0.4, -0.2) is 79.2 Å². The van der Waals surface area contributed by atoms with E-state index in [1.54, 1.807) is 4.90 Å². The molecule has 1 unspecified atom stereocenters. The Kier molecular flexibility index (Phi) is 9.37. The van der Waals surface area contributed by atoms with Crippen molar-refractivity contribution in [2.75, 3.05) is 56.1 Å². The van der Waals surface area contributed by atoms with Crippen molar-refractivity contribution >= 4 is 28.1 Å². The van der Waals surface area contributed by atoms with Crippen molar-refractivity contribution in [3.05, 3.63) is 71.4 Å². The second kappa shape index (κ2) is 13.4. The molecule has 228 valence electrons. The van der Waals surface area contributed by atoms with Gasteiger partial charge in [0, 0.05) is 49.4 Å². The number of hydrogen-bond acceptors (Lipinski definition) is 8. The molecule has 9 nitrogen and oxygen atoms in total. The number of aryl methyl sites for hydroxylation is 1. The number of hydrogen-bond donors (Lipinski definition) is 0. The Labute approximate surface area is 260 Å². The molecule has 0 spiro atoms. The summed E-state index contributed by atoms with van der Waals surface area (Å²) in [7, 11) is 2.04. The van der Waals surface area contributed by atoms with Crippen LogP contribution in [0, 0.1) is 29.6 Å². The number of nitriles is 2. The first-order valence-corrected chi connectivity index (χ1v) is 15.4. The first-order chi connectivity index (χ1) is 21.3. The van der Waals surface area contributed by atoms with Crippen molar-refractivity contribution in [1.29, 1.82) is 10.5 Å². The number of carbonyl (C=O) groups excluding carboxylic acids is 1. The van der Waals surface area contributed by atoms with Crippen molar-refractivity contribution in [2.45, 2.75) is 52.3 Å². The molecule has 1 aromatic heterocycles. The molecular weight excluding hydrogens is 550 g/mol. The van der Waals surface area contributed by atoms with Crippen molar-refractivity contribution in [3.8, 4) is 18.0 Å². The minimum Gasteiger partial charge on any atom is -0.472 e. The van der Waals surface area contributed by atoms with Crippen molar-refractivity contribution < 1.29 is 9.53 Å². The van der Waals surface area contributed by atoms with E-state index in [0.29, 0.717) is 50.6 Å². The van der Waals surface area contributed by atoms with E-state index in [9.17, 15) is 15.3 Å². The molecule has 3 aromatic rings. The quantitative estimate of drug-likeness (QED) is 0.327. The maximum absolute atomic E-state index is 12.6. The zero-order valence-corrected chi connectivity index (χ0v) is 26.2. The summed E-state index contributed by atoms with van der Waals surface area (Å²) in [5, 5.41) is 22.6. The van der Waals surface area contributed by atoms with Crippen LogP contribution in [0.4, 0.5) is 11.4 Å². The van der Waals surface area contributed by atoms with Crippen molar-refractivity contribution in [3.63, 3.8) is 0 Å². The molecule has 0 aliphatic carbocycles. The van der Waals surface area contributed by atoms with Crippen LogP contribution in [-0.2, 0) is 17.8 Å². The Bertz CT molecular complexity index is 1630. The van der Waals surface area contributed by atoms with Gasteiger partial charge in [0.1, 0.15) is 17.7 Å². The predicted molar refractivity (Wildman–Crippen MR) is 174 cm³/mol. The highest BCUT2D eigenvalue weighted by atomic mass is 16.5. The predicted octanol–water partition coefficient (Wildman–Crippen LogP) is 4.81. The molecule has 0 saturated carbocycles. The number of piperazine rings is 1. The Balaban J connectivity index is 1.58. The highest BCUT2D eigenvalue weighted by Crippen LogP contribution is 2.40. The number of ether oxygens (including phenoxy) is 1. The van der Waals surface area contributed by atoms with Crippen LogP contribution in [0.3, 0.4) is 0 Å². The molecule has 2 atom stereocenters. The van der Waals surface area contributed by atoms with Crippen LogP contribution < -0.4 is 14.5 Å². The maximum atomic E-state index is 12.6. The molecule has 1 fully saturated rings. The average molecular weight is 592 g/mol. The third-order valence-corrected chi connectivity index (χ3v) is 8.84. The molecule has 9 heteroatoms. The Morgan fingerprint density at radius 3 is 2.68 bits per heavy atom. The van der Waals surface area contributed by atoms with E-state index in [1.165, 1.54) is 28.1 Å². The molecule has 5 rings (SSSR count). The summed E-state index contributed by atoms with van der Waals surface area (Å²) < 4.78 is 6.44. The summed E-state index contributed by atoms with van der Waals surface area (Å²) >= 11 is 0. The molecule has 3 heterocycles. The normalized spacial score (nSPS) is 17.2. The Morgan fingerprint density at radius 1 is 1.20 bits per heavy atom. The molecule has 1 amide bonds. The van der Waals surface area contributed by atoms with Crippen LogP contribution in [0.2, 0.25) is 0 Å². The summed E-state index contributed by atoms with van der Waals surface area (Å²) in [6.07, 6.45) is 2.03. The number of benzene rings is 2. The number of fused-ring (bicyclic) bond motifs is 2. The minimum atomic E-state index is -0.310. The zero-order valence-electron chi connectivity index (χ0n) is 26.2. The smallest absolute Gasteiger partial charge is 0.246 e. The molecule has 2 aliphatic heterocycles. The van der Waals surface area contributed by atoms with Crippen LogP contribution in [0.1, 0.15) is 42.7 Å². The van der Waals surface area contributed by atoms with E-state index in [-0.39, 0.29) is 24.5 Å². The average Bonchev–Trinajstić information content (AvgIpc) is 3.03. The van der Waals surface area contributed by atoms with E-state index in [4.69, 9.17) is 9.72 Å². The van der Waals surface area contributed by atoms with E-state index in [1.807, 2.05) is 14.0 Å². The second-order valence-electron chi connectivity index (χ2n) is 11.8. The topological polar surface area (TPSA) is 99.7 Å². The van der Waals surface area contributed by atoms with Crippen LogP contribution >= 0.6 is 0 Å². The monoisotopic (exact) mass is 591 g/mol. The fourth-order valence-electron chi connectivity index (χ4n) is 6.59. The Hall–Kier alpha value is -4.60. The molecule has 0 N–H and O–H groups in total. The van der Waals surface area contributed by atoms with Gasteiger partial charge in [-0.3, -0.25) is 4.79 Å². The largest absolute Gasteiger partial charge is 0.472 e. The molecular formula is C35H41N7O2. The number of aromatic nitrogens is 1. The van der Waals surface area contributed by atoms with Gasteiger partial charge >= 0.3 is 0 Å². The molecule has 0 radical (unpaired) electrons. The second-order valence-corrected chi connectivity index (χ2v) is 11.8. The lowest BCUT2D eigenvalue weighted by Gasteiger charge is -2.43. The summed E-state index contributed by atoms with van der Waals surface area (Å²) in [6, 6.07) is 17.2. The van der Waals surface area contributed by atoms with E-state index >= 15 is 0 Å². The third-order valence-electron chi connectivity index (χ3n) is 8.84. The standard InChI is InChI=1S/C35H41N7O2/c1-6-32(43)42-19-18-41(22-27(42)14-16-36)34-28-15-17-40(31-13-9-12-26-11-8-10-24(3)33(26)31)23-30(28)38-35(29(34)20-37)44-25(4)21-39(5)7-2/h6,8-13,25,27H,1,7,14-15,17-19,21-23H2,2-5H3/t25?,27-/m0/s1. The van der Waals surface area contributed by atoms with Crippen LogP contribution in [0.15, 0.2) is 49.1 Å². The van der Waals surface area contributed by atoms with Gasteiger partial charge in [-0.15, -0.1) is 0 Å². The fourth-order valence-corrected chi connectivity index (χ4v) is 6.59. The van der Waals surface area contributed by atoms with Crippen molar-refractivity contribution in [2.24, 2.45) is 0 Å². The SMILES string of the molecule is C=CC(=O)N1CCN(c2c(C#N)c(OC(C)CN(C)CC)nc3c2CCN(c2cccc4cccc(C)c24)C3)C[C@@H]1CC#N. The molecule has 2 aromatic carbocycles. The number of pyridine rings is 1. The lowest BCUT2D eigenvalue weighted by atomic mass is 9.95. The minimum absolute atomic E-state index is 0.180. The van der Waals surface area contributed by atoms with Gasteiger partial charge in [0.2, 0.25) is 11.8 Å². The van der Waals surface area contributed by atoms with Gasteiger partial charge in [-0.05, 0) is 57.0 Å². The molecule has 2 aliphatic rings.